The van der Waals surface area contributed by atoms with Crippen LogP contribution in [0.15, 0.2) is 9.69 Å². The Kier molecular flexibility index (Phi) is 2.81. The molecule has 0 unspecified atom stereocenters. The highest BCUT2D eigenvalue weighted by atomic mass is 32.2. The largest absolute Gasteiger partial charge is 0.350 e. The molecule has 0 radical (unpaired) electrons. The van der Waals surface area contributed by atoms with Gasteiger partial charge in [0.25, 0.3) is 11.3 Å². The maximum atomic E-state index is 12.4. The second kappa shape index (κ2) is 4.26. The lowest BCUT2D eigenvalue weighted by atomic mass is 10.1. The number of aromatic amines is 1. The summed E-state index contributed by atoms with van der Waals surface area (Å²) >= 11 is 1.59. The molecule has 0 atom stereocenters. The van der Waals surface area contributed by atoms with Crippen LogP contribution in [-0.4, -0.2) is 30.9 Å². The number of thioether (sulfide) groups is 1. The molecule has 0 saturated heterocycles. The molecule has 0 aliphatic carbocycles. The second-order valence-electron chi connectivity index (χ2n) is 5.73. The van der Waals surface area contributed by atoms with Gasteiger partial charge in [0.2, 0.25) is 5.95 Å². The molecule has 2 N–H and O–H groups in total. The van der Waals surface area contributed by atoms with E-state index in [-0.39, 0.29) is 11.1 Å². The molecule has 2 aromatic rings. The topological polar surface area (TPSA) is 75.1 Å². The van der Waals surface area contributed by atoms with Gasteiger partial charge >= 0.3 is 0 Å². The number of aryl methyl sites for hydroxylation is 1. The van der Waals surface area contributed by atoms with Gasteiger partial charge in [0, 0.05) is 5.54 Å². The van der Waals surface area contributed by atoms with E-state index in [1.807, 2.05) is 20.8 Å². The van der Waals surface area contributed by atoms with Crippen molar-refractivity contribution in [3.63, 3.8) is 0 Å². The maximum Gasteiger partial charge on any atom is 0.287 e. The van der Waals surface area contributed by atoms with E-state index in [4.69, 9.17) is 0 Å². The predicted octanol–water partition coefficient (Wildman–Crippen LogP) is 1.67. The summed E-state index contributed by atoms with van der Waals surface area (Å²) < 4.78 is 1.42. The molecular weight excluding hydrogens is 262 g/mol. The summed E-state index contributed by atoms with van der Waals surface area (Å²) in [5.74, 6) is 2.00. The number of fused-ring (bicyclic) bond motifs is 2. The third-order valence-corrected chi connectivity index (χ3v) is 4.01. The molecule has 7 heteroatoms. The molecule has 3 heterocycles. The molecule has 1 aliphatic heterocycles. The van der Waals surface area contributed by atoms with Crippen molar-refractivity contribution in [3.8, 4) is 0 Å². The first kappa shape index (κ1) is 12.5. The van der Waals surface area contributed by atoms with Crippen molar-refractivity contribution in [2.45, 2.75) is 44.0 Å². The monoisotopic (exact) mass is 279 g/mol. The summed E-state index contributed by atoms with van der Waals surface area (Å²) in [5, 5.41) is 6.19. The van der Waals surface area contributed by atoms with Crippen LogP contribution in [0.4, 0.5) is 5.95 Å². The highest BCUT2D eigenvalue weighted by Crippen LogP contribution is 2.25. The molecule has 0 amide bonds. The van der Waals surface area contributed by atoms with Crippen LogP contribution >= 0.6 is 11.8 Å². The van der Waals surface area contributed by atoms with Crippen LogP contribution in [0.5, 0.6) is 0 Å². The molecule has 0 fully saturated rings. The van der Waals surface area contributed by atoms with Gasteiger partial charge in [-0.1, -0.05) is 0 Å². The lowest BCUT2D eigenvalue weighted by molar-refractivity contribution is 0.625. The van der Waals surface area contributed by atoms with Crippen LogP contribution in [-0.2, 0) is 6.42 Å². The van der Waals surface area contributed by atoms with Crippen molar-refractivity contribution in [1.82, 2.24) is 19.6 Å². The third-order valence-electron chi connectivity index (χ3n) is 2.82. The van der Waals surface area contributed by atoms with Gasteiger partial charge < -0.3 is 5.32 Å². The van der Waals surface area contributed by atoms with E-state index in [1.54, 1.807) is 11.8 Å². The number of anilines is 1. The van der Waals surface area contributed by atoms with Crippen LogP contribution in [0.3, 0.4) is 0 Å². The normalized spacial score (nSPS) is 15.5. The molecule has 2 aromatic heterocycles. The average Bonchev–Trinajstić information content (AvgIpc) is 2.69. The number of aromatic nitrogens is 4. The molecule has 3 rings (SSSR count). The van der Waals surface area contributed by atoms with E-state index in [1.165, 1.54) is 4.52 Å². The minimum absolute atomic E-state index is 0.0424. The Morgan fingerprint density at radius 3 is 2.89 bits per heavy atom. The van der Waals surface area contributed by atoms with Crippen molar-refractivity contribution in [1.29, 1.82) is 0 Å². The fraction of sp³-hybridized carbons (Fsp3) is 0.583. The summed E-state index contributed by atoms with van der Waals surface area (Å²) in [6, 6.07) is 0. The number of nitrogens with zero attached hydrogens (tertiary/aromatic N) is 3. The Hall–Kier alpha value is -1.50. The highest BCUT2D eigenvalue weighted by Gasteiger charge is 2.20. The van der Waals surface area contributed by atoms with Crippen LogP contribution in [0, 0.1) is 0 Å². The van der Waals surface area contributed by atoms with Gasteiger partial charge in [-0.05, 0) is 39.4 Å². The highest BCUT2D eigenvalue weighted by molar-refractivity contribution is 7.99. The Morgan fingerprint density at radius 1 is 1.37 bits per heavy atom. The third kappa shape index (κ3) is 2.34. The van der Waals surface area contributed by atoms with E-state index < -0.39 is 0 Å². The Labute approximate surface area is 115 Å². The zero-order chi connectivity index (χ0) is 13.6. The first-order valence-corrected chi connectivity index (χ1v) is 7.35. The SMILES string of the molecule is CC(C)(C)Nc1nc2nc3c(c(=O)n2[nH]1)SCCC3. The molecule has 1 aliphatic rings. The molecule has 6 nitrogen and oxygen atoms in total. The van der Waals surface area contributed by atoms with Crippen LogP contribution in [0.2, 0.25) is 0 Å². The quantitative estimate of drug-likeness (QED) is 0.830. The summed E-state index contributed by atoms with van der Waals surface area (Å²) in [6.07, 6.45) is 1.93. The lowest BCUT2D eigenvalue weighted by Crippen LogP contribution is -2.27. The molecule has 0 bridgehead atoms. The van der Waals surface area contributed by atoms with Gasteiger partial charge in [0.1, 0.15) is 0 Å². The smallest absolute Gasteiger partial charge is 0.287 e. The number of hydrogen-bond acceptors (Lipinski definition) is 5. The maximum absolute atomic E-state index is 12.4. The molecule has 0 saturated carbocycles. The van der Waals surface area contributed by atoms with Crippen LogP contribution < -0.4 is 10.9 Å². The van der Waals surface area contributed by atoms with Crippen molar-refractivity contribution < 1.29 is 0 Å². The van der Waals surface area contributed by atoms with Gasteiger partial charge in [-0.2, -0.15) is 9.50 Å². The first-order chi connectivity index (χ1) is 8.94. The zero-order valence-corrected chi connectivity index (χ0v) is 12.1. The number of nitrogens with one attached hydrogen (secondary N) is 2. The van der Waals surface area contributed by atoms with Gasteiger partial charge in [0.05, 0.1) is 10.6 Å². The standard InChI is InChI=1S/C12H17N5OS/c1-12(2,3)15-10-14-11-13-7-5-4-6-19-8(7)9(18)17(11)16-10/h4-6H2,1-3H3,(H2,13,14,15,16). The van der Waals surface area contributed by atoms with Gasteiger partial charge in [-0.25, -0.2) is 4.98 Å². The zero-order valence-electron chi connectivity index (χ0n) is 11.3. The molecule has 0 aromatic carbocycles. The Morgan fingerprint density at radius 2 is 2.16 bits per heavy atom. The predicted molar refractivity (Wildman–Crippen MR) is 76.0 cm³/mol. The van der Waals surface area contributed by atoms with Crippen molar-refractivity contribution >= 4 is 23.5 Å². The van der Waals surface area contributed by atoms with E-state index in [0.717, 1.165) is 29.2 Å². The van der Waals surface area contributed by atoms with E-state index in [2.05, 4.69) is 20.4 Å². The Balaban J connectivity index is 2.13. The van der Waals surface area contributed by atoms with Crippen LogP contribution in [0.25, 0.3) is 5.78 Å². The number of hydrogen-bond donors (Lipinski definition) is 2. The average molecular weight is 279 g/mol. The number of H-pyrrole nitrogens is 1. The van der Waals surface area contributed by atoms with E-state index in [0.29, 0.717) is 11.7 Å². The first-order valence-electron chi connectivity index (χ1n) is 6.37. The van der Waals surface area contributed by atoms with Crippen molar-refractivity contribution in [2.75, 3.05) is 11.1 Å². The molecule has 102 valence electrons. The van der Waals surface area contributed by atoms with Crippen LogP contribution in [0.1, 0.15) is 32.9 Å². The molecular formula is C12H17N5OS. The van der Waals surface area contributed by atoms with Gasteiger partial charge in [0.15, 0.2) is 0 Å². The van der Waals surface area contributed by atoms with E-state index >= 15 is 0 Å². The minimum Gasteiger partial charge on any atom is -0.350 e. The lowest BCUT2D eigenvalue weighted by Gasteiger charge is -2.18. The van der Waals surface area contributed by atoms with Crippen molar-refractivity contribution in [2.24, 2.45) is 0 Å². The Bertz CT molecular complexity index is 682. The fourth-order valence-electron chi connectivity index (χ4n) is 2.08. The van der Waals surface area contributed by atoms with E-state index in [9.17, 15) is 4.79 Å². The minimum atomic E-state index is -0.119. The summed E-state index contributed by atoms with van der Waals surface area (Å²) in [7, 11) is 0. The second-order valence-corrected chi connectivity index (χ2v) is 6.83. The summed E-state index contributed by atoms with van der Waals surface area (Å²) in [4.78, 5) is 21.9. The van der Waals surface area contributed by atoms with Gasteiger partial charge in [-0.15, -0.1) is 11.8 Å². The number of rotatable bonds is 1. The molecule has 19 heavy (non-hydrogen) atoms. The summed E-state index contributed by atoms with van der Waals surface area (Å²) in [6.45, 7) is 6.12. The van der Waals surface area contributed by atoms with Crippen molar-refractivity contribution in [3.05, 3.63) is 16.0 Å². The molecule has 0 spiro atoms. The summed E-state index contributed by atoms with van der Waals surface area (Å²) in [5.41, 5.74) is 0.723. The van der Waals surface area contributed by atoms with Gasteiger partial charge in [-0.3, -0.25) is 9.89 Å². The fourth-order valence-corrected chi connectivity index (χ4v) is 3.11.